The first kappa shape index (κ1) is 32.2. The number of anilines is 1. The number of benzene rings is 2. The number of ether oxygens (including phenoxy) is 2. The molecule has 0 aromatic heterocycles. The van der Waals surface area contributed by atoms with Crippen LogP contribution in [0.3, 0.4) is 0 Å². The molecule has 0 N–H and O–H groups in total. The van der Waals surface area contributed by atoms with Crippen LogP contribution in [0.1, 0.15) is 74.8 Å². The van der Waals surface area contributed by atoms with E-state index in [1.807, 2.05) is 6.07 Å². The highest BCUT2D eigenvalue weighted by Crippen LogP contribution is 2.43. The van der Waals surface area contributed by atoms with Gasteiger partial charge in [-0.2, -0.15) is 26.3 Å². The van der Waals surface area contributed by atoms with E-state index >= 15 is 0 Å². The average molecular weight is 613 g/mol. The third-order valence-electron chi connectivity index (χ3n) is 7.99. The molecule has 1 aliphatic carbocycles. The molecule has 0 unspecified atom stereocenters. The van der Waals surface area contributed by atoms with Crippen LogP contribution in [-0.2, 0) is 21.9 Å². The molecular weight excluding hydrogens is 578 g/mol. The molecule has 0 spiro atoms. The first-order chi connectivity index (χ1) is 20.0. The highest BCUT2D eigenvalue weighted by molar-refractivity contribution is 5.95. The Bertz CT molecular complexity index is 1380. The topological polar surface area (TPSA) is 59.1 Å². The van der Waals surface area contributed by atoms with Crippen molar-refractivity contribution in [3.8, 4) is 5.75 Å². The van der Waals surface area contributed by atoms with Gasteiger partial charge in [0.15, 0.2) is 0 Å². The van der Waals surface area contributed by atoms with E-state index in [1.165, 1.54) is 12.0 Å². The van der Waals surface area contributed by atoms with Gasteiger partial charge in [-0.05, 0) is 85.7 Å². The van der Waals surface area contributed by atoms with E-state index in [0.717, 1.165) is 29.6 Å². The lowest BCUT2D eigenvalue weighted by atomic mass is 9.86. The smallest absolute Gasteiger partial charge is 0.416 e. The summed E-state index contributed by atoms with van der Waals surface area (Å²) >= 11 is 0. The highest BCUT2D eigenvalue weighted by atomic mass is 19.4. The van der Waals surface area contributed by atoms with E-state index < -0.39 is 41.7 Å². The molecule has 2 aliphatic rings. The maximum atomic E-state index is 13.5. The lowest BCUT2D eigenvalue weighted by Gasteiger charge is -2.28. The minimum atomic E-state index is -5.02. The number of hydrogen-bond acceptors (Lipinski definition) is 4. The lowest BCUT2D eigenvalue weighted by Crippen LogP contribution is -2.34. The van der Waals surface area contributed by atoms with Gasteiger partial charge in [0.1, 0.15) is 11.9 Å². The number of amides is 2. The van der Waals surface area contributed by atoms with Crippen molar-refractivity contribution < 1.29 is 45.4 Å². The Hall–Kier alpha value is -3.70. The fourth-order valence-electron chi connectivity index (χ4n) is 5.63. The number of methoxy groups -OCH3 is 1. The van der Waals surface area contributed by atoms with Crippen molar-refractivity contribution in [3.63, 3.8) is 0 Å². The SMILES string of the molecule is COc1ccc(N(C)C(=O)C(C)C)cc1C1=C(CN2C(=O)O[C@H](c3cc(C(F)(F)F)cc(C(F)(F)F)c3)[C@@H]2C)CCCC1. The van der Waals surface area contributed by atoms with Gasteiger partial charge in [0.2, 0.25) is 5.91 Å². The van der Waals surface area contributed by atoms with E-state index in [9.17, 15) is 35.9 Å². The van der Waals surface area contributed by atoms with Crippen LogP contribution < -0.4 is 9.64 Å². The molecule has 6 nitrogen and oxygen atoms in total. The number of halogens is 6. The highest BCUT2D eigenvalue weighted by Gasteiger charge is 2.43. The summed E-state index contributed by atoms with van der Waals surface area (Å²) in [4.78, 5) is 28.6. The summed E-state index contributed by atoms with van der Waals surface area (Å²) in [6.45, 7) is 5.22. The minimum absolute atomic E-state index is 0.0511. The van der Waals surface area contributed by atoms with Crippen LogP contribution in [0, 0.1) is 5.92 Å². The third kappa shape index (κ3) is 6.78. The average Bonchev–Trinajstić information content (AvgIpc) is 3.23. The van der Waals surface area contributed by atoms with Gasteiger partial charge in [-0.3, -0.25) is 9.69 Å². The Balaban J connectivity index is 1.70. The first-order valence-corrected chi connectivity index (χ1v) is 14.0. The predicted molar refractivity (Wildman–Crippen MR) is 148 cm³/mol. The van der Waals surface area contributed by atoms with Gasteiger partial charge in [0, 0.05) is 30.8 Å². The van der Waals surface area contributed by atoms with Crippen LogP contribution in [-0.4, -0.2) is 43.6 Å². The molecule has 2 aromatic rings. The molecule has 0 radical (unpaired) electrons. The zero-order valence-electron chi connectivity index (χ0n) is 24.5. The molecule has 1 saturated heterocycles. The zero-order chi connectivity index (χ0) is 31.9. The normalized spacial score (nSPS) is 19.6. The van der Waals surface area contributed by atoms with Crippen molar-refractivity contribution in [3.05, 3.63) is 64.2 Å². The van der Waals surface area contributed by atoms with Gasteiger partial charge in [-0.25, -0.2) is 4.79 Å². The molecule has 1 fully saturated rings. The van der Waals surface area contributed by atoms with E-state index in [0.29, 0.717) is 36.4 Å². The van der Waals surface area contributed by atoms with Crippen LogP contribution >= 0.6 is 0 Å². The summed E-state index contributed by atoms with van der Waals surface area (Å²) in [5.74, 6) is 0.277. The standard InChI is InChI=1S/C31H34F6N2O4/c1-17(2)28(40)38(4)23-10-11-26(42-5)25(15-23)24-9-7-6-8-19(24)16-39-18(3)27(43-29(39)41)20-12-21(30(32,33)34)14-22(13-20)31(35,36)37/h10-15,17-18,27H,6-9,16H2,1-5H3/t18-,27-/m0/s1. The molecule has 1 aliphatic heterocycles. The van der Waals surface area contributed by atoms with Gasteiger partial charge in [-0.15, -0.1) is 0 Å². The summed E-state index contributed by atoms with van der Waals surface area (Å²) < 4.78 is 91.9. The molecule has 2 aromatic carbocycles. The summed E-state index contributed by atoms with van der Waals surface area (Å²) in [6, 6.07) is 5.80. The van der Waals surface area contributed by atoms with E-state index in [-0.39, 0.29) is 30.0 Å². The second-order valence-corrected chi connectivity index (χ2v) is 11.2. The molecule has 43 heavy (non-hydrogen) atoms. The Kier molecular flexibility index (Phi) is 9.08. The quantitative estimate of drug-likeness (QED) is 0.296. The fourth-order valence-corrected chi connectivity index (χ4v) is 5.63. The monoisotopic (exact) mass is 612 g/mol. The van der Waals surface area contributed by atoms with Gasteiger partial charge in [-0.1, -0.05) is 13.8 Å². The van der Waals surface area contributed by atoms with Crippen LogP contribution in [0.25, 0.3) is 5.57 Å². The van der Waals surface area contributed by atoms with Crippen molar-refractivity contribution in [2.24, 2.45) is 5.92 Å². The maximum Gasteiger partial charge on any atom is 0.416 e. The number of carbonyl (C=O) groups excluding carboxylic acids is 2. The molecule has 2 amide bonds. The number of nitrogens with zero attached hydrogens (tertiary/aromatic N) is 2. The lowest BCUT2D eigenvalue weighted by molar-refractivity contribution is -0.143. The Morgan fingerprint density at radius 1 is 1.02 bits per heavy atom. The summed E-state index contributed by atoms with van der Waals surface area (Å²) in [5.41, 5.74) is -0.112. The van der Waals surface area contributed by atoms with Crippen molar-refractivity contribution in [2.75, 3.05) is 25.6 Å². The fraction of sp³-hybridized carbons (Fsp3) is 0.484. The molecule has 234 valence electrons. The minimum Gasteiger partial charge on any atom is -0.496 e. The molecule has 0 saturated carbocycles. The van der Waals surface area contributed by atoms with Gasteiger partial charge >= 0.3 is 18.4 Å². The first-order valence-electron chi connectivity index (χ1n) is 14.0. The summed E-state index contributed by atoms with van der Waals surface area (Å²) in [5, 5.41) is 0. The second kappa shape index (κ2) is 12.1. The summed E-state index contributed by atoms with van der Waals surface area (Å²) in [7, 11) is 3.21. The number of allylic oxidation sites excluding steroid dienone is 1. The maximum absolute atomic E-state index is 13.5. The predicted octanol–water partition coefficient (Wildman–Crippen LogP) is 8.26. The van der Waals surface area contributed by atoms with Crippen LogP contribution in [0.15, 0.2) is 42.0 Å². The van der Waals surface area contributed by atoms with Crippen LogP contribution in [0.4, 0.5) is 36.8 Å². The Morgan fingerprint density at radius 3 is 2.19 bits per heavy atom. The summed E-state index contributed by atoms with van der Waals surface area (Å²) in [6.07, 6.45) is -9.25. The zero-order valence-corrected chi connectivity index (χ0v) is 24.5. The van der Waals surface area contributed by atoms with Gasteiger partial charge < -0.3 is 14.4 Å². The van der Waals surface area contributed by atoms with Crippen LogP contribution in [0.5, 0.6) is 5.75 Å². The number of hydrogen-bond donors (Lipinski definition) is 0. The van der Waals surface area contributed by atoms with E-state index in [4.69, 9.17) is 9.47 Å². The molecule has 2 atom stereocenters. The Morgan fingerprint density at radius 2 is 1.63 bits per heavy atom. The number of cyclic esters (lactones) is 1. The number of alkyl halides is 6. The molecule has 0 bridgehead atoms. The van der Waals surface area contributed by atoms with E-state index in [1.54, 1.807) is 44.9 Å². The number of carbonyl (C=O) groups is 2. The van der Waals surface area contributed by atoms with Crippen molar-refractivity contribution in [1.29, 1.82) is 0 Å². The van der Waals surface area contributed by atoms with Gasteiger partial charge in [0.05, 0.1) is 24.3 Å². The van der Waals surface area contributed by atoms with Crippen molar-refractivity contribution in [2.45, 2.75) is 71.0 Å². The molecule has 12 heteroatoms. The van der Waals surface area contributed by atoms with Crippen molar-refractivity contribution >= 4 is 23.3 Å². The molecule has 1 heterocycles. The van der Waals surface area contributed by atoms with Gasteiger partial charge in [0.25, 0.3) is 0 Å². The second-order valence-electron chi connectivity index (χ2n) is 11.2. The third-order valence-corrected chi connectivity index (χ3v) is 7.99. The largest absolute Gasteiger partial charge is 0.496 e. The van der Waals surface area contributed by atoms with Crippen LogP contribution in [0.2, 0.25) is 0 Å². The molecular formula is C31H34F6N2O4. The van der Waals surface area contributed by atoms with Crippen molar-refractivity contribution in [1.82, 2.24) is 4.90 Å². The molecule has 4 rings (SSSR count). The number of rotatable bonds is 7. The van der Waals surface area contributed by atoms with E-state index in [2.05, 4.69) is 0 Å². The Labute approximate surface area is 246 Å².